The second kappa shape index (κ2) is 5.59. The predicted molar refractivity (Wildman–Crippen MR) is 58.4 cm³/mol. The number of nitrogens with two attached hydrogens (primary N) is 1. The Labute approximate surface area is 109 Å². The molecule has 0 amide bonds. The number of nitrogens with one attached hydrogen (secondary N) is 1. The Morgan fingerprint density at radius 2 is 1.70 bits per heavy atom. The molecule has 0 aliphatic carbocycles. The fourth-order valence-electron chi connectivity index (χ4n) is 1.36. The molecule has 1 atom stereocenters. The second-order valence-corrected chi connectivity index (χ2v) is 3.85. The molecular weight excluding hydrogens is 290 g/mol. The monoisotopic (exact) mass is 300 g/mol. The maximum absolute atomic E-state index is 12.6. The van der Waals surface area contributed by atoms with E-state index in [1.165, 1.54) is 6.07 Å². The summed E-state index contributed by atoms with van der Waals surface area (Å²) in [5.74, 6) is -4.42. The van der Waals surface area contributed by atoms with Crippen LogP contribution in [0.1, 0.15) is 5.56 Å². The van der Waals surface area contributed by atoms with E-state index in [2.05, 4.69) is 4.74 Å². The van der Waals surface area contributed by atoms with E-state index in [0.717, 1.165) is 12.1 Å². The average molecular weight is 300 g/mol. The lowest BCUT2D eigenvalue weighted by atomic mass is 10.1. The normalized spacial score (nSPS) is 13.9. The van der Waals surface area contributed by atoms with Gasteiger partial charge in [-0.2, -0.15) is 26.3 Å². The molecule has 0 bridgehead atoms. The summed E-state index contributed by atoms with van der Waals surface area (Å²) in [6.45, 7) is -1.19. The Kier molecular flexibility index (Phi) is 4.51. The van der Waals surface area contributed by atoms with Crippen molar-refractivity contribution in [2.75, 3.05) is 6.61 Å². The second-order valence-electron chi connectivity index (χ2n) is 3.85. The summed E-state index contributed by atoms with van der Waals surface area (Å²) in [5, 5.41) is 6.81. The van der Waals surface area contributed by atoms with Crippen molar-refractivity contribution in [1.29, 1.82) is 5.41 Å². The number of halogens is 6. The zero-order chi connectivity index (χ0) is 15.6. The van der Waals surface area contributed by atoms with Crippen LogP contribution in [0.2, 0.25) is 0 Å². The van der Waals surface area contributed by atoms with Gasteiger partial charge in [0.15, 0.2) is 0 Å². The molecule has 9 heteroatoms. The first kappa shape index (κ1) is 16.1. The molecule has 0 saturated heterocycles. The van der Waals surface area contributed by atoms with Gasteiger partial charge in [0.1, 0.15) is 24.1 Å². The molecule has 1 unspecified atom stereocenters. The molecule has 1 aromatic rings. The van der Waals surface area contributed by atoms with Crippen molar-refractivity contribution in [1.82, 2.24) is 0 Å². The summed E-state index contributed by atoms with van der Waals surface area (Å²) < 4.78 is 79.8. The Morgan fingerprint density at radius 3 is 2.15 bits per heavy atom. The summed E-state index contributed by atoms with van der Waals surface area (Å²) in [6.07, 6.45) is -9.61. The number of ether oxygens (including phenoxy) is 1. The van der Waals surface area contributed by atoms with Gasteiger partial charge in [-0.05, 0) is 12.1 Å². The maximum Gasteiger partial charge on any atom is 0.419 e. The molecule has 0 saturated carbocycles. The Hall–Kier alpha value is -1.93. The minimum absolute atomic E-state index is 0.686. The first-order chi connectivity index (χ1) is 9.03. The third-order valence-corrected chi connectivity index (χ3v) is 2.37. The molecule has 0 aliphatic rings. The fraction of sp³-hybridized carbons (Fsp3) is 0.364. The molecule has 112 valence electrons. The van der Waals surface area contributed by atoms with Crippen LogP contribution in [0.5, 0.6) is 5.75 Å². The third-order valence-electron chi connectivity index (χ3n) is 2.37. The van der Waals surface area contributed by atoms with Crippen molar-refractivity contribution in [2.45, 2.75) is 12.4 Å². The van der Waals surface area contributed by atoms with Crippen molar-refractivity contribution in [2.24, 2.45) is 11.7 Å². The average Bonchev–Trinajstić information content (AvgIpc) is 2.26. The molecule has 1 aromatic carbocycles. The molecule has 0 radical (unpaired) electrons. The number of para-hydroxylation sites is 1. The molecule has 0 fully saturated rings. The van der Waals surface area contributed by atoms with E-state index in [-0.39, 0.29) is 0 Å². The van der Waals surface area contributed by atoms with Crippen LogP contribution in [-0.2, 0) is 6.18 Å². The van der Waals surface area contributed by atoms with Gasteiger partial charge in [-0.15, -0.1) is 0 Å². The van der Waals surface area contributed by atoms with Gasteiger partial charge in [-0.3, -0.25) is 5.41 Å². The minimum Gasteiger partial charge on any atom is -0.492 e. The van der Waals surface area contributed by atoms with Crippen LogP contribution in [0, 0.1) is 11.3 Å². The molecule has 3 N–H and O–H groups in total. The van der Waals surface area contributed by atoms with Crippen LogP contribution in [0.25, 0.3) is 0 Å². The Morgan fingerprint density at radius 1 is 1.15 bits per heavy atom. The molecule has 0 aliphatic heterocycles. The van der Waals surface area contributed by atoms with Crippen LogP contribution in [0.15, 0.2) is 24.3 Å². The first-order valence-corrected chi connectivity index (χ1v) is 5.23. The summed E-state index contributed by atoms with van der Waals surface area (Å²) >= 11 is 0. The molecule has 0 spiro atoms. The number of hydrogen-bond donors (Lipinski definition) is 2. The summed E-state index contributed by atoms with van der Waals surface area (Å²) in [4.78, 5) is 0. The SMILES string of the molecule is N=C(N)C(COc1ccccc1C(F)(F)F)C(F)(F)F. The Bertz CT molecular complexity index is 483. The standard InChI is InChI=1S/C11H10F6N2O/c12-10(13,14)6-3-1-2-4-8(6)20-5-7(9(18)19)11(15,16)17/h1-4,7H,5H2,(H3,18,19). The molecule has 20 heavy (non-hydrogen) atoms. The quantitative estimate of drug-likeness (QED) is 0.509. The van der Waals surface area contributed by atoms with Crippen LogP contribution in [0.4, 0.5) is 26.3 Å². The highest BCUT2D eigenvalue weighted by Crippen LogP contribution is 2.36. The van der Waals surface area contributed by atoms with Gasteiger partial charge in [0, 0.05) is 0 Å². The number of rotatable bonds is 4. The highest BCUT2D eigenvalue weighted by Gasteiger charge is 2.43. The molecular formula is C11H10F6N2O. The summed E-state index contributed by atoms with van der Waals surface area (Å²) in [7, 11) is 0. The third kappa shape index (κ3) is 4.04. The van der Waals surface area contributed by atoms with Gasteiger partial charge in [0.05, 0.1) is 5.56 Å². The van der Waals surface area contributed by atoms with Crippen molar-refractivity contribution in [3.05, 3.63) is 29.8 Å². The smallest absolute Gasteiger partial charge is 0.419 e. The van der Waals surface area contributed by atoms with Crippen LogP contribution in [0.3, 0.4) is 0 Å². The van der Waals surface area contributed by atoms with Gasteiger partial charge in [-0.25, -0.2) is 0 Å². The Balaban J connectivity index is 2.93. The minimum atomic E-state index is -4.86. The lowest BCUT2D eigenvalue weighted by Gasteiger charge is -2.20. The van der Waals surface area contributed by atoms with Crippen LogP contribution in [-0.4, -0.2) is 18.6 Å². The van der Waals surface area contributed by atoms with Crippen LogP contribution >= 0.6 is 0 Å². The highest BCUT2D eigenvalue weighted by molar-refractivity contribution is 5.80. The van der Waals surface area contributed by atoms with E-state index in [1.54, 1.807) is 0 Å². The van der Waals surface area contributed by atoms with Gasteiger partial charge in [0.2, 0.25) is 0 Å². The first-order valence-electron chi connectivity index (χ1n) is 5.23. The number of hydrogen-bond acceptors (Lipinski definition) is 2. The molecule has 0 heterocycles. The van der Waals surface area contributed by atoms with Gasteiger partial charge >= 0.3 is 12.4 Å². The zero-order valence-electron chi connectivity index (χ0n) is 9.85. The lowest BCUT2D eigenvalue weighted by Crippen LogP contribution is -2.39. The van der Waals surface area contributed by atoms with E-state index in [1.807, 2.05) is 0 Å². The van der Waals surface area contributed by atoms with Gasteiger partial charge in [-0.1, -0.05) is 12.1 Å². The van der Waals surface area contributed by atoms with Crippen molar-refractivity contribution < 1.29 is 31.1 Å². The molecule has 3 nitrogen and oxygen atoms in total. The summed E-state index contributed by atoms with van der Waals surface area (Å²) in [5.41, 5.74) is 3.58. The fourth-order valence-corrected chi connectivity index (χ4v) is 1.36. The van der Waals surface area contributed by atoms with E-state index >= 15 is 0 Å². The van der Waals surface area contributed by atoms with Crippen molar-refractivity contribution in [3.63, 3.8) is 0 Å². The maximum atomic E-state index is 12.6. The molecule has 0 aromatic heterocycles. The van der Waals surface area contributed by atoms with Gasteiger partial charge < -0.3 is 10.5 Å². The number of amidine groups is 1. The van der Waals surface area contributed by atoms with E-state index in [4.69, 9.17) is 11.1 Å². The van der Waals surface area contributed by atoms with E-state index in [9.17, 15) is 26.3 Å². The highest BCUT2D eigenvalue weighted by atomic mass is 19.4. The topological polar surface area (TPSA) is 59.1 Å². The molecule has 1 rings (SSSR count). The van der Waals surface area contributed by atoms with Crippen molar-refractivity contribution >= 4 is 5.84 Å². The number of alkyl halides is 6. The van der Waals surface area contributed by atoms with Gasteiger partial charge in [0.25, 0.3) is 0 Å². The lowest BCUT2D eigenvalue weighted by molar-refractivity contribution is -0.162. The number of benzene rings is 1. The van der Waals surface area contributed by atoms with Crippen molar-refractivity contribution in [3.8, 4) is 5.75 Å². The summed E-state index contributed by atoms with van der Waals surface area (Å²) in [6, 6.07) is 3.87. The van der Waals surface area contributed by atoms with E-state index < -0.39 is 42.0 Å². The zero-order valence-corrected chi connectivity index (χ0v) is 9.85. The van der Waals surface area contributed by atoms with E-state index in [0.29, 0.717) is 6.07 Å². The predicted octanol–water partition coefficient (Wildman–Crippen LogP) is 3.20. The largest absolute Gasteiger partial charge is 0.492 e. The van der Waals surface area contributed by atoms with Crippen LogP contribution < -0.4 is 10.5 Å².